The molecule has 11 heteroatoms. The maximum Gasteiger partial charge on any atom is 0.325 e. The van der Waals surface area contributed by atoms with E-state index < -0.39 is 12.0 Å². The van der Waals surface area contributed by atoms with Crippen LogP contribution in [0, 0.1) is 13.8 Å². The van der Waals surface area contributed by atoms with Crippen molar-refractivity contribution in [2.45, 2.75) is 96.7 Å². The van der Waals surface area contributed by atoms with Gasteiger partial charge in [0.15, 0.2) is 0 Å². The summed E-state index contributed by atoms with van der Waals surface area (Å²) in [6.45, 7) is 9.00. The number of likely N-dealkylation sites (tertiary alicyclic amines) is 1. The van der Waals surface area contributed by atoms with Gasteiger partial charge < -0.3 is 20.5 Å². The molecule has 3 heterocycles. The number of aliphatic hydroxyl groups excluding tert-OH is 1. The second-order valence-electron chi connectivity index (χ2n) is 15.2. The number of aliphatic hydroxyl groups is 1. The molecule has 0 bridgehead atoms. The highest BCUT2D eigenvalue weighted by Crippen LogP contribution is 2.43. The highest BCUT2D eigenvalue weighted by Gasteiger charge is 2.30. The smallest absolute Gasteiger partial charge is 0.325 e. The topological polar surface area (TPSA) is 146 Å². The number of nitrogens with zero attached hydrogens (tertiary/aromatic N) is 3. The van der Waals surface area contributed by atoms with Gasteiger partial charge in [-0.05, 0) is 153 Å². The standard InChI is InChI=1S/C44H52N6O5/c1-4-55-44(54)41(26-51)47-23-31-22-45-39(20-35(31)29-14-15-29)42(52)48-37-12-8-10-33(27(37)2)34-11-9-13-38(28(34)3)49-43(53)40-21-36(30-16-17-30)32(24-46-40)25-50-18-6-5-7-19-50/h8-13,20-22,24,29-30,41,47,51H,4-7,14-19,23,25-26H2,1-3H3,(H,48,52)(H,49,53)/t41-/m0/s1. The van der Waals surface area contributed by atoms with Gasteiger partial charge in [0.1, 0.15) is 17.4 Å². The summed E-state index contributed by atoms with van der Waals surface area (Å²) in [7, 11) is 0. The molecule has 7 rings (SSSR count). The van der Waals surface area contributed by atoms with E-state index in [9.17, 15) is 19.5 Å². The number of aromatic nitrogens is 2. The fraction of sp³-hybridized carbons (Fsp3) is 0.432. The number of anilines is 2. The highest BCUT2D eigenvalue weighted by atomic mass is 16.5. The van der Waals surface area contributed by atoms with Gasteiger partial charge in [-0.25, -0.2) is 0 Å². The molecule has 11 nitrogen and oxygen atoms in total. The zero-order chi connectivity index (χ0) is 38.5. The van der Waals surface area contributed by atoms with Gasteiger partial charge in [0.25, 0.3) is 11.8 Å². The summed E-state index contributed by atoms with van der Waals surface area (Å²) in [6, 6.07) is 14.7. The van der Waals surface area contributed by atoms with E-state index in [-0.39, 0.29) is 25.0 Å². The number of piperidine rings is 1. The number of hydrogen-bond donors (Lipinski definition) is 4. The lowest BCUT2D eigenvalue weighted by Gasteiger charge is -2.27. The van der Waals surface area contributed by atoms with Crippen LogP contribution in [0.2, 0.25) is 0 Å². The normalized spacial score (nSPS) is 16.4. The molecule has 1 saturated heterocycles. The predicted molar refractivity (Wildman–Crippen MR) is 213 cm³/mol. The van der Waals surface area contributed by atoms with Crippen molar-refractivity contribution >= 4 is 29.2 Å². The van der Waals surface area contributed by atoms with Gasteiger partial charge in [0.05, 0.1) is 13.2 Å². The fourth-order valence-electron chi connectivity index (χ4n) is 7.63. The van der Waals surface area contributed by atoms with Gasteiger partial charge in [-0.1, -0.05) is 30.7 Å². The lowest BCUT2D eigenvalue weighted by atomic mass is 9.94. The maximum atomic E-state index is 13.6. The molecule has 2 aromatic carbocycles. The SMILES string of the molecule is CCOC(=O)[C@H](CO)NCc1cnc(C(=O)Nc2cccc(-c3cccc(NC(=O)c4cc(C5CC5)c(CN5CCCCC5)cn4)c3C)c2C)cc1C1CC1. The number of esters is 1. The van der Waals surface area contributed by atoms with Gasteiger partial charge in [-0.15, -0.1) is 0 Å². The molecule has 0 spiro atoms. The number of ether oxygens (including phenoxy) is 1. The molecule has 3 aliphatic rings. The van der Waals surface area contributed by atoms with Gasteiger partial charge >= 0.3 is 5.97 Å². The van der Waals surface area contributed by atoms with Crippen LogP contribution < -0.4 is 16.0 Å². The van der Waals surface area contributed by atoms with E-state index in [0.29, 0.717) is 41.1 Å². The van der Waals surface area contributed by atoms with Crippen molar-refractivity contribution in [3.05, 3.63) is 106 Å². The Morgan fingerprint density at radius 2 is 1.33 bits per heavy atom. The summed E-state index contributed by atoms with van der Waals surface area (Å²) in [5.74, 6) is -0.218. The molecule has 3 fully saturated rings. The summed E-state index contributed by atoms with van der Waals surface area (Å²) in [6.07, 6.45) is 11.7. The average Bonchev–Trinajstić information content (AvgIpc) is 4.13. The molecule has 2 saturated carbocycles. The quantitative estimate of drug-likeness (QED) is 0.0944. The average molecular weight is 745 g/mol. The second-order valence-corrected chi connectivity index (χ2v) is 15.2. The molecule has 1 aliphatic heterocycles. The van der Waals surface area contributed by atoms with E-state index in [4.69, 9.17) is 4.74 Å². The zero-order valence-electron chi connectivity index (χ0n) is 32.1. The van der Waals surface area contributed by atoms with Crippen molar-refractivity contribution in [1.82, 2.24) is 20.2 Å². The van der Waals surface area contributed by atoms with Crippen LogP contribution >= 0.6 is 0 Å². The van der Waals surface area contributed by atoms with Crippen molar-refractivity contribution in [2.75, 3.05) is 36.9 Å². The first kappa shape index (κ1) is 38.3. The minimum absolute atomic E-state index is 0.225. The Balaban J connectivity index is 1.05. The Labute approximate surface area is 323 Å². The number of benzene rings is 2. The number of carbonyl (C=O) groups is 3. The predicted octanol–water partition coefficient (Wildman–Crippen LogP) is 7.02. The molecule has 1 atom stereocenters. The van der Waals surface area contributed by atoms with Crippen LogP contribution in [0.1, 0.15) is 118 Å². The molecular formula is C44H52N6O5. The third kappa shape index (κ3) is 9.12. The number of rotatable bonds is 15. The second kappa shape index (κ2) is 17.2. The molecular weight excluding hydrogens is 693 g/mol. The van der Waals surface area contributed by atoms with Gasteiger partial charge in [0, 0.05) is 36.9 Å². The molecule has 0 unspecified atom stereocenters. The summed E-state index contributed by atoms with van der Waals surface area (Å²) < 4.78 is 5.05. The molecule has 55 heavy (non-hydrogen) atoms. The molecule has 4 aromatic rings. The van der Waals surface area contributed by atoms with Crippen molar-refractivity contribution in [2.24, 2.45) is 0 Å². The first-order valence-electron chi connectivity index (χ1n) is 19.8. The maximum absolute atomic E-state index is 13.6. The summed E-state index contributed by atoms with van der Waals surface area (Å²) in [4.78, 5) is 51.1. The van der Waals surface area contributed by atoms with Crippen LogP contribution in [-0.2, 0) is 22.6 Å². The summed E-state index contributed by atoms with van der Waals surface area (Å²) in [5, 5.41) is 19.0. The minimum atomic E-state index is -0.838. The third-order valence-corrected chi connectivity index (χ3v) is 11.1. The molecule has 4 N–H and O–H groups in total. The summed E-state index contributed by atoms with van der Waals surface area (Å²) >= 11 is 0. The van der Waals surface area contributed by atoms with Gasteiger partial charge in [-0.3, -0.25) is 34.6 Å². The number of hydrogen-bond acceptors (Lipinski definition) is 9. The third-order valence-electron chi connectivity index (χ3n) is 11.1. The fourth-order valence-corrected chi connectivity index (χ4v) is 7.63. The van der Waals surface area contributed by atoms with E-state index in [1.807, 2.05) is 68.6 Å². The Kier molecular flexibility index (Phi) is 12.0. The number of pyridine rings is 2. The van der Waals surface area contributed by atoms with E-state index in [1.54, 1.807) is 13.1 Å². The van der Waals surface area contributed by atoms with Crippen molar-refractivity contribution in [1.29, 1.82) is 0 Å². The zero-order valence-corrected chi connectivity index (χ0v) is 32.1. The van der Waals surface area contributed by atoms with Crippen LogP contribution in [0.25, 0.3) is 11.1 Å². The van der Waals surface area contributed by atoms with E-state index in [1.165, 1.54) is 30.4 Å². The van der Waals surface area contributed by atoms with E-state index in [2.05, 4.69) is 30.8 Å². The Hall–Kier alpha value is -4.97. The highest BCUT2D eigenvalue weighted by molar-refractivity contribution is 6.05. The molecule has 288 valence electrons. The molecule has 2 aromatic heterocycles. The Morgan fingerprint density at radius 1 is 0.800 bits per heavy atom. The molecule has 2 amide bonds. The van der Waals surface area contributed by atoms with Crippen LogP contribution in [-0.4, -0.2) is 70.1 Å². The minimum Gasteiger partial charge on any atom is -0.465 e. The van der Waals surface area contributed by atoms with E-state index in [0.717, 1.165) is 78.7 Å². The van der Waals surface area contributed by atoms with Crippen molar-refractivity contribution in [3.8, 4) is 11.1 Å². The first-order chi connectivity index (χ1) is 26.7. The van der Waals surface area contributed by atoms with Crippen LogP contribution in [0.15, 0.2) is 60.9 Å². The number of carbonyl (C=O) groups excluding carboxylic acids is 3. The van der Waals surface area contributed by atoms with E-state index >= 15 is 0 Å². The Morgan fingerprint density at radius 3 is 1.84 bits per heavy atom. The number of nitrogens with one attached hydrogen (secondary N) is 3. The largest absolute Gasteiger partial charge is 0.465 e. The van der Waals surface area contributed by atoms with Gasteiger partial charge in [-0.2, -0.15) is 0 Å². The molecule has 2 aliphatic carbocycles. The lowest BCUT2D eigenvalue weighted by Crippen LogP contribution is -2.40. The van der Waals surface area contributed by atoms with Crippen LogP contribution in [0.5, 0.6) is 0 Å². The first-order valence-corrected chi connectivity index (χ1v) is 19.8. The van der Waals surface area contributed by atoms with Crippen LogP contribution in [0.4, 0.5) is 11.4 Å². The van der Waals surface area contributed by atoms with Crippen molar-refractivity contribution in [3.63, 3.8) is 0 Å². The molecule has 0 radical (unpaired) electrons. The van der Waals surface area contributed by atoms with Gasteiger partial charge in [0.2, 0.25) is 0 Å². The lowest BCUT2D eigenvalue weighted by molar-refractivity contribution is -0.146. The number of amides is 2. The monoisotopic (exact) mass is 744 g/mol. The summed E-state index contributed by atoms with van der Waals surface area (Å²) in [5.41, 5.74) is 10.2. The van der Waals surface area contributed by atoms with Crippen LogP contribution in [0.3, 0.4) is 0 Å². The Bertz CT molecular complexity index is 2050. The van der Waals surface area contributed by atoms with Crippen molar-refractivity contribution < 1.29 is 24.2 Å².